The lowest BCUT2D eigenvalue weighted by Crippen LogP contribution is -2.27. The number of Topliss-reactive ketones (excluding diaryl/α,β-unsaturated/α-hetero) is 1. The summed E-state index contributed by atoms with van der Waals surface area (Å²) in [4.78, 5) is 26.4. The van der Waals surface area contributed by atoms with Gasteiger partial charge in [0.1, 0.15) is 5.58 Å². The second-order valence-electron chi connectivity index (χ2n) is 6.04. The molecule has 0 N–H and O–H groups in total. The van der Waals surface area contributed by atoms with E-state index in [2.05, 4.69) is 4.74 Å². The summed E-state index contributed by atoms with van der Waals surface area (Å²) in [5, 5.41) is 0.735. The fraction of sp³-hybridized carbons (Fsp3) is 0.444. The lowest BCUT2D eigenvalue weighted by molar-refractivity contribution is 0.0567. The first kappa shape index (κ1) is 20.2. The van der Waals surface area contributed by atoms with E-state index < -0.39 is 5.97 Å². The van der Waals surface area contributed by atoms with Crippen molar-refractivity contribution in [3.63, 3.8) is 0 Å². The quantitative estimate of drug-likeness (QED) is 0.585. The van der Waals surface area contributed by atoms with Gasteiger partial charge in [-0.3, -0.25) is 4.79 Å². The first-order valence-corrected chi connectivity index (χ1v) is 7.68. The molecule has 1 heterocycles. The first-order chi connectivity index (χ1) is 10.9. The number of carbonyl (C=O) groups excluding carboxylic acids is 2. The zero-order valence-corrected chi connectivity index (χ0v) is 15.5. The summed E-state index contributed by atoms with van der Waals surface area (Å²) in [7, 11) is 5.23. The summed E-state index contributed by atoms with van der Waals surface area (Å²) in [6.45, 7) is 4.62. The molecule has 1 atom stereocenters. The number of furan rings is 1. The van der Waals surface area contributed by atoms with Gasteiger partial charge in [0.25, 0.3) is 0 Å². The van der Waals surface area contributed by atoms with Crippen LogP contribution in [0, 0.1) is 12.8 Å². The largest absolute Gasteiger partial charge is 0.463 e. The van der Waals surface area contributed by atoms with Gasteiger partial charge in [-0.1, -0.05) is 6.92 Å². The molecule has 0 radical (unpaired) electrons. The van der Waals surface area contributed by atoms with Gasteiger partial charge >= 0.3 is 5.97 Å². The second kappa shape index (κ2) is 8.31. The third-order valence-electron chi connectivity index (χ3n) is 3.96. The highest BCUT2D eigenvalue weighted by molar-refractivity contribution is 6.03. The molecule has 0 saturated heterocycles. The molecule has 0 amide bonds. The summed E-state index contributed by atoms with van der Waals surface area (Å²) in [6, 6.07) is 5.23. The van der Waals surface area contributed by atoms with Crippen molar-refractivity contribution in [2.75, 3.05) is 27.7 Å². The van der Waals surface area contributed by atoms with Crippen LogP contribution in [0.4, 0.5) is 0 Å². The summed E-state index contributed by atoms with van der Waals surface area (Å²) < 4.78 is 10.2. The number of aryl methyl sites for hydroxylation is 1. The smallest absolute Gasteiger partial charge is 0.373 e. The van der Waals surface area contributed by atoms with Gasteiger partial charge in [0, 0.05) is 23.4 Å². The van der Waals surface area contributed by atoms with Crippen molar-refractivity contribution in [3.05, 3.63) is 35.1 Å². The number of nitrogens with zero attached hydrogens (tertiary/aromatic N) is 1. The molecule has 1 aromatic heterocycles. The Bertz CT molecular complexity index is 736. The maximum Gasteiger partial charge on any atom is 0.373 e. The number of halogens is 1. The van der Waals surface area contributed by atoms with Crippen LogP contribution in [0.25, 0.3) is 11.0 Å². The third-order valence-corrected chi connectivity index (χ3v) is 3.96. The molecule has 0 aliphatic rings. The highest BCUT2D eigenvalue weighted by Gasteiger charge is 2.22. The molecule has 0 bridgehead atoms. The summed E-state index contributed by atoms with van der Waals surface area (Å²) in [6.07, 6.45) is 0.785. The number of hydrogen-bond acceptors (Lipinski definition) is 5. The van der Waals surface area contributed by atoms with Crippen LogP contribution < -0.4 is 0 Å². The molecule has 132 valence electrons. The van der Waals surface area contributed by atoms with E-state index >= 15 is 0 Å². The van der Waals surface area contributed by atoms with Crippen molar-refractivity contribution in [1.29, 1.82) is 0 Å². The van der Waals surface area contributed by atoms with Gasteiger partial charge in [-0.05, 0) is 51.2 Å². The van der Waals surface area contributed by atoms with Crippen LogP contribution >= 0.6 is 12.4 Å². The fourth-order valence-corrected chi connectivity index (χ4v) is 2.71. The van der Waals surface area contributed by atoms with Crippen LogP contribution in [0.1, 0.15) is 39.8 Å². The lowest BCUT2D eigenvalue weighted by atomic mass is 9.91. The van der Waals surface area contributed by atoms with Gasteiger partial charge in [-0.2, -0.15) is 0 Å². The van der Waals surface area contributed by atoms with Crippen molar-refractivity contribution < 1.29 is 18.7 Å². The van der Waals surface area contributed by atoms with Crippen LogP contribution in [0.3, 0.4) is 0 Å². The third kappa shape index (κ3) is 4.16. The number of benzene rings is 1. The standard InChI is InChI=1S/C18H23NO4.ClH/c1-6-12(10-19(3)4)17(20)14-8-13-9-16(18(21)22-5)23-15(13)7-11(14)2;/h7-9,12H,6,10H2,1-5H3;1H. The SMILES string of the molecule is CCC(CN(C)C)C(=O)c1cc2cc(C(=O)OC)oc2cc1C.Cl. The summed E-state index contributed by atoms with van der Waals surface area (Å²) in [5.41, 5.74) is 2.12. The zero-order chi connectivity index (χ0) is 17.1. The average molecular weight is 354 g/mol. The monoisotopic (exact) mass is 353 g/mol. The van der Waals surface area contributed by atoms with Gasteiger partial charge in [-0.25, -0.2) is 4.79 Å². The Balaban J connectivity index is 0.00000288. The van der Waals surface area contributed by atoms with Crippen LogP contribution in [-0.4, -0.2) is 44.4 Å². The van der Waals surface area contributed by atoms with Crippen LogP contribution in [0.5, 0.6) is 0 Å². The number of ether oxygens (including phenoxy) is 1. The number of fused-ring (bicyclic) bond motifs is 1. The predicted octanol–water partition coefficient (Wildman–Crippen LogP) is 3.72. The number of hydrogen-bond donors (Lipinski definition) is 0. The van der Waals surface area contributed by atoms with Crippen LogP contribution in [0.2, 0.25) is 0 Å². The Morgan fingerprint density at radius 2 is 1.92 bits per heavy atom. The number of carbonyl (C=O) groups is 2. The van der Waals surface area contributed by atoms with Crippen molar-refractivity contribution in [3.8, 4) is 0 Å². The van der Waals surface area contributed by atoms with E-state index in [4.69, 9.17) is 4.42 Å². The Morgan fingerprint density at radius 1 is 1.25 bits per heavy atom. The molecule has 1 aromatic carbocycles. The molecule has 0 fully saturated rings. The van der Waals surface area contributed by atoms with Gasteiger partial charge < -0.3 is 14.1 Å². The summed E-state index contributed by atoms with van der Waals surface area (Å²) in [5.74, 6) is -0.299. The van der Waals surface area contributed by atoms with Crippen molar-refractivity contribution in [2.45, 2.75) is 20.3 Å². The average Bonchev–Trinajstić information content (AvgIpc) is 2.92. The van der Waals surface area contributed by atoms with Gasteiger partial charge in [-0.15, -0.1) is 12.4 Å². The Hall–Kier alpha value is -1.85. The molecule has 5 nitrogen and oxygen atoms in total. The maximum absolute atomic E-state index is 12.8. The van der Waals surface area contributed by atoms with E-state index in [9.17, 15) is 9.59 Å². The topological polar surface area (TPSA) is 59.8 Å². The molecule has 2 aromatic rings. The minimum absolute atomic E-state index is 0. The molecule has 1 unspecified atom stereocenters. The molecular formula is C18H24ClNO4. The Morgan fingerprint density at radius 3 is 2.46 bits per heavy atom. The highest BCUT2D eigenvalue weighted by atomic mass is 35.5. The van der Waals surface area contributed by atoms with Crippen molar-refractivity contribution in [2.24, 2.45) is 5.92 Å². The molecule has 0 spiro atoms. The second-order valence-corrected chi connectivity index (χ2v) is 6.04. The van der Waals surface area contributed by atoms with Crippen LogP contribution in [-0.2, 0) is 4.74 Å². The molecule has 6 heteroatoms. The van der Waals surface area contributed by atoms with E-state index in [1.807, 2.05) is 32.8 Å². The molecule has 2 rings (SSSR count). The van der Waals surface area contributed by atoms with E-state index in [1.165, 1.54) is 7.11 Å². The van der Waals surface area contributed by atoms with E-state index in [0.29, 0.717) is 17.7 Å². The zero-order valence-electron chi connectivity index (χ0n) is 14.7. The molecule has 0 saturated carbocycles. The molecule has 0 aliphatic heterocycles. The number of methoxy groups -OCH3 is 1. The van der Waals surface area contributed by atoms with E-state index in [1.54, 1.807) is 18.2 Å². The Kier molecular flexibility index (Phi) is 6.99. The molecule has 24 heavy (non-hydrogen) atoms. The van der Waals surface area contributed by atoms with Gasteiger partial charge in [0.2, 0.25) is 5.76 Å². The first-order valence-electron chi connectivity index (χ1n) is 7.68. The number of rotatable bonds is 6. The minimum Gasteiger partial charge on any atom is -0.463 e. The Labute approximate surface area is 148 Å². The molecule has 0 aliphatic carbocycles. The maximum atomic E-state index is 12.8. The van der Waals surface area contributed by atoms with E-state index in [0.717, 1.165) is 17.4 Å². The normalized spacial score (nSPS) is 12.1. The number of esters is 1. The van der Waals surface area contributed by atoms with Gasteiger partial charge in [0.15, 0.2) is 5.78 Å². The van der Waals surface area contributed by atoms with E-state index in [-0.39, 0.29) is 29.9 Å². The predicted molar refractivity (Wildman–Crippen MR) is 96.2 cm³/mol. The van der Waals surface area contributed by atoms with Crippen LogP contribution in [0.15, 0.2) is 22.6 Å². The lowest BCUT2D eigenvalue weighted by Gasteiger charge is -2.19. The molecular weight excluding hydrogens is 330 g/mol. The minimum atomic E-state index is -0.522. The summed E-state index contributed by atoms with van der Waals surface area (Å²) >= 11 is 0. The van der Waals surface area contributed by atoms with Gasteiger partial charge in [0.05, 0.1) is 7.11 Å². The van der Waals surface area contributed by atoms with Crippen molar-refractivity contribution >= 4 is 35.1 Å². The van der Waals surface area contributed by atoms with Crippen molar-refractivity contribution in [1.82, 2.24) is 4.90 Å². The highest BCUT2D eigenvalue weighted by Crippen LogP contribution is 2.26. The number of ketones is 1. The fourth-order valence-electron chi connectivity index (χ4n) is 2.71.